The van der Waals surface area contributed by atoms with Gasteiger partial charge in [0.25, 0.3) is 0 Å². The van der Waals surface area contributed by atoms with E-state index in [0.29, 0.717) is 194 Å². The lowest BCUT2D eigenvalue weighted by Crippen LogP contribution is -2.29. The van der Waals surface area contributed by atoms with Crippen LogP contribution in [0.4, 0.5) is 0 Å². The van der Waals surface area contributed by atoms with Crippen molar-refractivity contribution < 1.29 is 138 Å². The molecule has 147 heavy (non-hydrogen) atoms. The van der Waals surface area contributed by atoms with Gasteiger partial charge in [0.15, 0.2) is 5.75 Å². The Labute approximate surface area is 893 Å². The third-order valence-corrected chi connectivity index (χ3v) is 19.0. The van der Waals surface area contributed by atoms with Crippen molar-refractivity contribution in [3.63, 3.8) is 0 Å². The van der Waals surface area contributed by atoms with E-state index in [0.717, 1.165) is 109 Å². The molecule has 0 spiro atoms. The van der Waals surface area contributed by atoms with Crippen molar-refractivity contribution >= 4 is 20.4 Å². The van der Waals surface area contributed by atoms with Gasteiger partial charge in [0.2, 0.25) is 0 Å². The Balaban J connectivity index is -0.000000529. The van der Waals surface area contributed by atoms with Gasteiger partial charge in [0.05, 0.1) is 240 Å². The lowest BCUT2D eigenvalue weighted by Gasteiger charge is -2.30. The Hall–Kier alpha value is -6.63. The fraction of sp³-hybridized carbons (Fsp3) is 0.737. The summed E-state index contributed by atoms with van der Waals surface area (Å²) < 4.78 is 132. The summed E-state index contributed by atoms with van der Waals surface area (Å²) in [5.74, 6) is 4.16. The van der Waals surface area contributed by atoms with E-state index >= 15 is 0 Å². The average Bonchev–Trinajstić information content (AvgIpc) is 1.05. The zero-order chi connectivity index (χ0) is 112. The monoisotopic (exact) mass is 2090 g/mol. The Morgan fingerprint density at radius 3 is 0.891 bits per heavy atom. The van der Waals surface area contributed by atoms with Crippen LogP contribution in [0.5, 0.6) is 28.7 Å². The molecule has 29 heteroatoms. The third kappa shape index (κ3) is 101. The van der Waals surface area contributed by atoms with E-state index in [-0.39, 0.29) is 72.6 Å². The summed E-state index contributed by atoms with van der Waals surface area (Å²) in [5.41, 5.74) is 6.66. The first-order chi connectivity index (χ1) is 69.8. The molecule has 0 saturated heterocycles. The highest BCUT2D eigenvalue weighted by molar-refractivity contribution is 5.42. The quantitative estimate of drug-likeness (QED) is 0.0198. The molecule has 0 N–H and O–H groups in total. The van der Waals surface area contributed by atoms with Gasteiger partial charge in [-0.1, -0.05) is 56.3 Å². The van der Waals surface area contributed by atoms with Crippen LogP contribution in [0.15, 0.2) is 108 Å². The lowest BCUT2D eigenvalue weighted by molar-refractivity contribution is -0.316. The number of benzene rings is 4. The molecule has 1 aliphatic rings. The highest BCUT2D eigenvalue weighted by atomic mass is 17.2. The molecular weight excluding hydrogens is 1880 g/mol. The van der Waals surface area contributed by atoms with Crippen LogP contribution in [0.1, 0.15) is 321 Å². The number of carbonyl (C=O) groups excluding carboxylic acids is 3. The first-order valence-corrected chi connectivity index (χ1v) is 53.6. The van der Waals surface area contributed by atoms with Crippen LogP contribution in [0.25, 0.3) is 0 Å². The first-order valence-electron chi connectivity index (χ1n) is 53.6. The van der Waals surface area contributed by atoms with Gasteiger partial charge in [-0.2, -0.15) is 0 Å². The molecule has 4 aromatic carbocycles. The fourth-order valence-electron chi connectivity index (χ4n) is 12.2. The number of rotatable bonds is 68. The van der Waals surface area contributed by atoms with Crippen molar-refractivity contribution in [1.29, 1.82) is 0 Å². The Morgan fingerprint density at radius 2 is 0.551 bits per heavy atom. The second-order valence-corrected chi connectivity index (χ2v) is 39.4. The molecule has 1 fully saturated rings. The topological polar surface area (TPSA) is 295 Å². The first kappa shape index (κ1) is 149. The molecule has 0 atom stereocenters. The predicted octanol–water partition coefficient (Wildman–Crippen LogP) is 25.3. The summed E-state index contributed by atoms with van der Waals surface area (Å²) in [4.78, 5) is 34.3. The summed E-state index contributed by atoms with van der Waals surface area (Å²) in [7, 11) is 0. The van der Waals surface area contributed by atoms with Crippen molar-refractivity contribution in [2.75, 3.05) is 139 Å². The van der Waals surface area contributed by atoms with Crippen molar-refractivity contribution in [3.05, 3.63) is 137 Å². The summed E-state index contributed by atoms with van der Waals surface area (Å²) in [6, 6.07) is 30.8. The summed E-state index contributed by atoms with van der Waals surface area (Å²) in [6.07, 6.45) is 16.3. The average molecular weight is 2090 g/mol. The molecule has 0 amide bonds. The van der Waals surface area contributed by atoms with Crippen LogP contribution in [0.3, 0.4) is 0 Å². The fourth-order valence-corrected chi connectivity index (χ4v) is 12.2. The van der Waals surface area contributed by atoms with Gasteiger partial charge in [0.1, 0.15) is 82.7 Å². The molecule has 6 rings (SSSR count). The zero-order valence-electron chi connectivity index (χ0n) is 98.7. The van der Waals surface area contributed by atoms with Crippen LogP contribution < -0.4 is 23.7 Å². The van der Waals surface area contributed by atoms with E-state index in [1.807, 2.05) is 261 Å². The van der Waals surface area contributed by atoms with Crippen molar-refractivity contribution in [2.45, 2.75) is 435 Å². The molecule has 1 aromatic heterocycles. The maximum atomic E-state index is 8.00. The zero-order valence-corrected chi connectivity index (χ0v) is 98.7. The third-order valence-electron chi connectivity index (χ3n) is 19.0. The van der Waals surface area contributed by atoms with E-state index in [1.165, 1.54) is 11.1 Å². The second-order valence-electron chi connectivity index (χ2n) is 39.4. The smallest absolute Gasteiger partial charge is 0.163 e. The molecule has 0 radical (unpaired) electrons. The molecular formula is C118H212O29. The minimum atomic E-state index is -0.113. The van der Waals surface area contributed by atoms with Crippen LogP contribution in [-0.2, 0) is 141 Å². The SMILES string of the molecule is C=O.C=O.C=O.CC(C)OC1CCC(OC(C)C)CC1.CC(C)OCCCCOC(C)C.CC(C)OCCOC(C)C.CC(C)OCCOCCOCCOC(C)C.CC(C)OCCOc1cc(CCOOC(C)C)cc(COC(C)C)c1.CC(C)OCCOc1ccc(C(C)(C)c2ccc(OCCOC(C)C)cc2)cc1.CC(C)OCCOc1cccc(COC(C)C)c1.CC(C)OCCOc1cocc1COC(C)C. The van der Waals surface area contributed by atoms with E-state index in [2.05, 4.69) is 99.6 Å². The van der Waals surface area contributed by atoms with E-state index in [4.69, 9.17) is 138 Å². The molecule has 5 aromatic rings. The van der Waals surface area contributed by atoms with Gasteiger partial charge in [-0.25, -0.2) is 9.78 Å². The maximum Gasteiger partial charge on any atom is 0.163 e. The van der Waals surface area contributed by atoms with Crippen LogP contribution in [0.2, 0.25) is 0 Å². The molecule has 29 nitrogen and oxygen atoms in total. The number of unbranched alkanes of at least 4 members (excludes halogenated alkanes) is 1. The highest BCUT2D eigenvalue weighted by Gasteiger charge is 2.25. The van der Waals surface area contributed by atoms with Gasteiger partial charge in [-0.05, 0) is 357 Å². The Morgan fingerprint density at radius 1 is 0.265 bits per heavy atom. The standard InChI is InChI=1S/C25H36O4.C20H34O5.C15H24O3.C13H22O4.C12H26O4.C12H24O2.C10H22O2.C8H18O2.3CH2O/c1-19(2)26-15-17-28-23-11-7-21(8-12-23)25(5,6)22-9-13-24(14-10-22)29-18-16-27-20(3)4;1-15(2)21-9-10-22-20-12-18(7-8-24-25-17(5)6)11-19(13-20)14-23-16(3)4;1-12(2)16-8-9-17-15-7-5-6-14(10-15)11-18-13(3)4;1-10(2)15-5-6-16-13-9-14-7-12(13)8-17-11(3)4;1-11(2)15-9-7-13-5-6-14-8-10-16-12(3)4;1-9(2)13-11-5-7-12(8-6-11)14-10(3)4;1-9(2)11-7-5-6-8-12-10(3)4;1-7(2)9-5-6-10-8(3)4;3*1-2/h7-14,19-20H,15-18H2,1-6H3;11-13,15-17H,7-10,14H2,1-6H3;5-7,10,12-13H,8-9,11H2,1-4H3;7,9-11H,5-6,8H2,1-4H3;11-12H,5-10H2,1-4H3;9-12H,5-8H2,1-4H3;9-10H,5-8H2,1-4H3;7-8H,5-6H2,1-4H3;3*1H2. The number of hydrogen-bond donors (Lipinski definition) is 0. The molecule has 1 heterocycles. The predicted molar refractivity (Wildman–Crippen MR) is 592 cm³/mol. The minimum Gasteiger partial charge on any atom is -0.491 e. The number of ether oxygens (including phenoxy) is 23. The van der Waals surface area contributed by atoms with E-state index < -0.39 is 0 Å². The molecule has 1 aliphatic carbocycles. The lowest BCUT2D eigenvalue weighted by atomic mass is 9.78. The normalized spacial score (nSPS) is 12.8. The number of carbonyl (C=O) groups is 3. The Kier molecular flexibility index (Phi) is 101. The number of hydrogen-bond acceptors (Lipinski definition) is 29. The minimum absolute atomic E-state index is 0.0608. The van der Waals surface area contributed by atoms with Gasteiger partial charge in [-0.15, -0.1) is 0 Å². The second kappa shape index (κ2) is 100.0. The maximum absolute atomic E-state index is 8.00. The Bertz CT molecular complexity index is 3420. The highest BCUT2D eigenvalue weighted by Crippen LogP contribution is 2.34. The van der Waals surface area contributed by atoms with Crippen LogP contribution in [0, 0.1) is 0 Å². The van der Waals surface area contributed by atoms with E-state index in [9.17, 15) is 0 Å². The van der Waals surface area contributed by atoms with Crippen molar-refractivity contribution in [3.8, 4) is 28.7 Å². The van der Waals surface area contributed by atoms with Gasteiger partial charge >= 0.3 is 0 Å². The van der Waals surface area contributed by atoms with E-state index in [1.54, 1.807) is 12.5 Å². The van der Waals surface area contributed by atoms with Crippen LogP contribution >= 0.6 is 0 Å². The van der Waals surface area contributed by atoms with Crippen LogP contribution in [-0.4, -0.2) is 275 Å². The number of furan rings is 1. The molecule has 858 valence electrons. The molecule has 0 aliphatic heterocycles. The summed E-state index contributed by atoms with van der Waals surface area (Å²) in [6.45, 7) is 94.2. The van der Waals surface area contributed by atoms with Gasteiger partial charge in [0, 0.05) is 18.6 Å². The molecule has 0 unspecified atom stereocenters. The largest absolute Gasteiger partial charge is 0.491 e. The van der Waals surface area contributed by atoms with Crippen molar-refractivity contribution in [1.82, 2.24) is 0 Å². The van der Waals surface area contributed by atoms with Gasteiger partial charge < -0.3 is 128 Å². The molecule has 1 saturated carbocycles. The van der Waals surface area contributed by atoms with Gasteiger partial charge in [-0.3, -0.25) is 0 Å². The van der Waals surface area contributed by atoms with Crippen molar-refractivity contribution in [2.24, 2.45) is 0 Å². The summed E-state index contributed by atoms with van der Waals surface area (Å²) in [5, 5.41) is 0. The molecule has 0 bridgehead atoms. The summed E-state index contributed by atoms with van der Waals surface area (Å²) >= 11 is 0.